The smallest absolute Gasteiger partial charge is 0.263 e. The quantitative estimate of drug-likeness (QED) is 0.435. The summed E-state index contributed by atoms with van der Waals surface area (Å²) < 4.78 is 30.9. The van der Waals surface area contributed by atoms with E-state index in [1.807, 2.05) is 0 Å². The van der Waals surface area contributed by atoms with E-state index in [9.17, 15) is 8.42 Å². The van der Waals surface area contributed by atoms with E-state index < -0.39 is 10.0 Å². The van der Waals surface area contributed by atoms with Crippen molar-refractivity contribution in [2.75, 3.05) is 4.72 Å². The van der Waals surface area contributed by atoms with Crippen LogP contribution in [0.1, 0.15) is 0 Å². The Morgan fingerprint density at radius 2 is 1.29 bits per heavy atom. The molecule has 0 heterocycles. The second-order valence-electron chi connectivity index (χ2n) is 3.92. The topological polar surface area (TPSA) is 46.2 Å². The van der Waals surface area contributed by atoms with Crippen LogP contribution in [-0.4, -0.2) is 8.42 Å². The molecule has 0 aliphatic carbocycles. The second kappa shape index (κ2) is 7.00. The minimum atomic E-state index is -3.71. The van der Waals surface area contributed by atoms with Crippen LogP contribution in [0.4, 0.5) is 5.69 Å². The van der Waals surface area contributed by atoms with Gasteiger partial charge in [0.05, 0.1) is 5.69 Å². The number of nitrogens with one attached hydrogen (secondary N) is 1. The summed E-state index contributed by atoms with van der Waals surface area (Å²) in [5, 5.41) is 0. The first-order chi connectivity index (χ1) is 9.70. The molecule has 0 aliphatic rings. The third-order valence-electron chi connectivity index (χ3n) is 2.43. The summed E-state index contributed by atoms with van der Waals surface area (Å²) in [4.78, 5) is 0.160. The largest absolute Gasteiger partial charge is 0.277 e. The van der Waals surface area contributed by atoms with Crippen LogP contribution >= 0.6 is 79.6 Å². The number of benzene rings is 2. The summed E-state index contributed by atoms with van der Waals surface area (Å²) in [7, 11) is -3.71. The number of rotatable bonds is 3. The molecule has 0 saturated heterocycles. The lowest BCUT2D eigenvalue weighted by Crippen LogP contribution is -2.14. The van der Waals surface area contributed by atoms with Gasteiger partial charge in [0.2, 0.25) is 0 Å². The Hall–Kier alpha value is 0.590. The van der Waals surface area contributed by atoms with Crippen molar-refractivity contribution < 1.29 is 8.42 Å². The van der Waals surface area contributed by atoms with E-state index in [1.165, 1.54) is 6.07 Å². The van der Waals surface area contributed by atoms with E-state index in [-0.39, 0.29) is 4.90 Å². The van der Waals surface area contributed by atoms with E-state index in [4.69, 9.17) is 0 Å². The minimum absolute atomic E-state index is 0.160. The Morgan fingerprint density at radius 1 is 0.762 bits per heavy atom. The van der Waals surface area contributed by atoms with E-state index in [2.05, 4.69) is 84.4 Å². The van der Waals surface area contributed by atoms with Crippen molar-refractivity contribution in [3.63, 3.8) is 0 Å². The summed E-state index contributed by atoms with van der Waals surface area (Å²) in [5.74, 6) is 0. The van der Waals surface area contributed by atoms with Gasteiger partial charge in [-0.1, -0.05) is 31.9 Å². The van der Waals surface area contributed by atoms with Gasteiger partial charge in [-0.2, -0.15) is 0 Å². The average Bonchev–Trinajstić information content (AvgIpc) is 2.33. The van der Waals surface area contributed by atoms with Crippen LogP contribution in [0.25, 0.3) is 0 Å². The number of halogens is 5. The summed E-state index contributed by atoms with van der Waals surface area (Å²) in [5.41, 5.74) is 0.438. The van der Waals surface area contributed by atoms with E-state index in [0.29, 0.717) is 19.1 Å². The second-order valence-corrected chi connectivity index (χ2v) is 9.97. The van der Waals surface area contributed by atoms with Crippen LogP contribution < -0.4 is 4.72 Å². The lowest BCUT2D eigenvalue weighted by atomic mass is 10.3. The van der Waals surface area contributed by atoms with Crippen molar-refractivity contribution in [3.8, 4) is 0 Å². The summed E-state index contributed by atoms with van der Waals surface area (Å²) >= 11 is 16.6. The van der Waals surface area contributed by atoms with Gasteiger partial charge in [0.15, 0.2) is 0 Å². The molecule has 0 saturated carbocycles. The fourth-order valence-corrected chi connectivity index (χ4v) is 7.09. The highest BCUT2D eigenvalue weighted by Gasteiger charge is 2.20. The zero-order valence-corrected chi connectivity index (χ0v) is 18.7. The van der Waals surface area contributed by atoms with Crippen molar-refractivity contribution in [1.29, 1.82) is 0 Å². The Balaban J connectivity index is 2.47. The first kappa shape index (κ1) is 17.9. The molecule has 3 nitrogen and oxygen atoms in total. The molecule has 0 spiro atoms. The van der Waals surface area contributed by atoms with Gasteiger partial charge in [0.25, 0.3) is 10.0 Å². The highest BCUT2D eigenvalue weighted by Crippen LogP contribution is 2.36. The number of hydrogen-bond acceptors (Lipinski definition) is 2. The van der Waals surface area contributed by atoms with Gasteiger partial charge in [0.1, 0.15) is 4.90 Å². The van der Waals surface area contributed by atoms with Crippen molar-refractivity contribution in [3.05, 3.63) is 52.7 Å². The van der Waals surface area contributed by atoms with E-state index in [0.717, 1.165) is 8.95 Å². The van der Waals surface area contributed by atoms with Gasteiger partial charge in [-0.15, -0.1) is 0 Å². The molecular formula is C12H6Br5NO2S. The molecule has 0 aliphatic heterocycles. The lowest BCUT2D eigenvalue weighted by Gasteiger charge is -2.13. The maximum atomic E-state index is 12.5. The maximum Gasteiger partial charge on any atom is 0.263 e. The van der Waals surface area contributed by atoms with Gasteiger partial charge in [0, 0.05) is 22.4 Å². The van der Waals surface area contributed by atoms with Crippen molar-refractivity contribution in [1.82, 2.24) is 0 Å². The van der Waals surface area contributed by atoms with E-state index in [1.54, 1.807) is 24.3 Å². The van der Waals surface area contributed by atoms with Crippen LogP contribution in [0.15, 0.2) is 57.6 Å². The van der Waals surface area contributed by atoms with Crippen molar-refractivity contribution >= 4 is 95.4 Å². The fraction of sp³-hybridized carbons (Fsp3) is 0. The predicted octanol–water partition coefficient (Wildman–Crippen LogP) is 6.30. The Morgan fingerprint density at radius 3 is 1.81 bits per heavy atom. The Labute approximate surface area is 164 Å². The van der Waals surface area contributed by atoms with Gasteiger partial charge in [-0.3, -0.25) is 4.72 Å². The van der Waals surface area contributed by atoms with Crippen molar-refractivity contribution in [2.45, 2.75) is 4.90 Å². The highest BCUT2D eigenvalue weighted by atomic mass is 79.9. The fourth-order valence-electron chi connectivity index (χ4n) is 1.52. The van der Waals surface area contributed by atoms with E-state index >= 15 is 0 Å². The molecule has 0 atom stereocenters. The Bertz CT molecular complexity index is 784. The molecule has 21 heavy (non-hydrogen) atoms. The molecule has 2 rings (SSSR count). The molecule has 2 aromatic rings. The van der Waals surface area contributed by atoms with Crippen LogP contribution in [-0.2, 0) is 10.0 Å². The monoisotopic (exact) mass is 623 g/mol. The summed E-state index contributed by atoms with van der Waals surface area (Å²) in [6.07, 6.45) is 0. The molecule has 1 N–H and O–H groups in total. The van der Waals surface area contributed by atoms with Gasteiger partial charge in [-0.25, -0.2) is 8.42 Å². The SMILES string of the molecule is O=S(=O)(Nc1c(Br)cc(Br)cc1Br)c1ccc(Br)cc1Br. The zero-order chi connectivity index (χ0) is 15.8. The molecule has 0 aromatic heterocycles. The zero-order valence-electron chi connectivity index (χ0n) is 10.0. The summed E-state index contributed by atoms with van der Waals surface area (Å²) in [6, 6.07) is 8.40. The number of anilines is 1. The molecule has 0 bridgehead atoms. The first-order valence-corrected chi connectivity index (χ1v) is 10.8. The third kappa shape index (κ3) is 4.32. The maximum absolute atomic E-state index is 12.5. The van der Waals surface area contributed by atoms with Crippen LogP contribution in [0.3, 0.4) is 0 Å². The molecule has 0 fully saturated rings. The third-order valence-corrected chi connectivity index (χ3v) is 6.96. The molecule has 112 valence electrons. The molecular weight excluding hydrogens is 622 g/mol. The van der Waals surface area contributed by atoms with Crippen LogP contribution in [0.5, 0.6) is 0 Å². The van der Waals surface area contributed by atoms with Gasteiger partial charge < -0.3 is 0 Å². The first-order valence-electron chi connectivity index (χ1n) is 5.33. The number of hydrogen-bond donors (Lipinski definition) is 1. The lowest BCUT2D eigenvalue weighted by molar-refractivity contribution is 0.600. The highest BCUT2D eigenvalue weighted by molar-refractivity contribution is 9.12. The summed E-state index contributed by atoms with van der Waals surface area (Å²) in [6.45, 7) is 0. The molecule has 0 unspecified atom stereocenters. The van der Waals surface area contributed by atoms with Crippen molar-refractivity contribution in [2.24, 2.45) is 0 Å². The standard InChI is InChI=1S/C12H6Br5NO2S/c13-6-1-2-11(8(15)3-6)21(19,20)18-12-9(16)4-7(14)5-10(12)17/h1-5,18H. The Kier molecular flexibility index (Phi) is 5.98. The molecule has 2 aromatic carbocycles. The minimum Gasteiger partial charge on any atom is -0.277 e. The van der Waals surface area contributed by atoms with Crippen LogP contribution in [0.2, 0.25) is 0 Å². The molecule has 0 radical (unpaired) electrons. The predicted molar refractivity (Wildman–Crippen MR) is 102 cm³/mol. The average molecular weight is 628 g/mol. The normalized spacial score (nSPS) is 11.5. The van der Waals surface area contributed by atoms with Crippen LogP contribution in [0, 0.1) is 0 Å². The molecule has 0 amide bonds. The molecule has 9 heteroatoms. The van der Waals surface area contributed by atoms with Gasteiger partial charge in [-0.05, 0) is 78.1 Å². The van der Waals surface area contributed by atoms with Gasteiger partial charge >= 0.3 is 0 Å². The number of sulfonamides is 1.